The van der Waals surface area contributed by atoms with Gasteiger partial charge < -0.3 is 10.1 Å². The van der Waals surface area contributed by atoms with Crippen molar-refractivity contribution in [1.82, 2.24) is 5.32 Å². The van der Waals surface area contributed by atoms with E-state index >= 15 is 0 Å². The summed E-state index contributed by atoms with van der Waals surface area (Å²) < 4.78 is 5.17. The summed E-state index contributed by atoms with van der Waals surface area (Å²) in [6.45, 7) is 2.08. The number of thioether (sulfide) groups is 1. The molecule has 4 heteroatoms. The summed E-state index contributed by atoms with van der Waals surface area (Å²) in [7, 11) is 1.65. The van der Waals surface area contributed by atoms with Crippen LogP contribution in [0.15, 0.2) is 54.6 Å². The summed E-state index contributed by atoms with van der Waals surface area (Å²) in [5, 5.41) is 3.11. The Hall–Kier alpha value is -1.94. The minimum absolute atomic E-state index is 0.0470. The van der Waals surface area contributed by atoms with Gasteiger partial charge in [-0.25, -0.2) is 0 Å². The Morgan fingerprint density at radius 1 is 1.13 bits per heavy atom. The van der Waals surface area contributed by atoms with Gasteiger partial charge in [0.2, 0.25) is 5.91 Å². The summed E-state index contributed by atoms with van der Waals surface area (Å²) in [5.41, 5.74) is 2.35. The molecule has 0 aliphatic rings. The molecule has 0 spiro atoms. The van der Waals surface area contributed by atoms with Gasteiger partial charge in [-0.2, -0.15) is 0 Å². The molecule has 0 heterocycles. The zero-order chi connectivity index (χ0) is 16.5. The second kappa shape index (κ2) is 9.26. The average molecular weight is 329 g/mol. The lowest BCUT2D eigenvalue weighted by Gasteiger charge is -2.17. The number of hydrogen-bond donors (Lipinski definition) is 1. The molecule has 0 saturated carbocycles. The molecule has 1 N–H and O–H groups in total. The number of carbonyl (C=O) groups excluding carboxylic acids is 1. The zero-order valence-electron chi connectivity index (χ0n) is 13.6. The molecule has 2 aromatic rings. The summed E-state index contributed by atoms with van der Waals surface area (Å²) in [5.74, 6) is 2.23. The fraction of sp³-hybridized carbons (Fsp3) is 0.316. The second-order valence-corrected chi connectivity index (χ2v) is 6.27. The number of rotatable bonds is 8. The van der Waals surface area contributed by atoms with Crippen LogP contribution in [-0.4, -0.2) is 18.8 Å². The number of ether oxygens (including phenoxy) is 1. The smallest absolute Gasteiger partial charge is 0.230 e. The van der Waals surface area contributed by atoms with Crippen LogP contribution in [0.25, 0.3) is 0 Å². The third-order valence-corrected chi connectivity index (χ3v) is 4.61. The molecule has 3 nitrogen and oxygen atoms in total. The topological polar surface area (TPSA) is 38.3 Å². The van der Waals surface area contributed by atoms with Gasteiger partial charge in [0.25, 0.3) is 0 Å². The van der Waals surface area contributed by atoms with E-state index in [9.17, 15) is 4.79 Å². The first kappa shape index (κ1) is 17.4. The normalized spacial score (nSPS) is 11.7. The molecule has 0 bridgehead atoms. The molecule has 0 fully saturated rings. The summed E-state index contributed by atoms with van der Waals surface area (Å²) in [4.78, 5) is 12.1. The van der Waals surface area contributed by atoms with E-state index in [0.29, 0.717) is 5.75 Å². The first-order valence-corrected chi connectivity index (χ1v) is 8.93. The second-order valence-electron chi connectivity index (χ2n) is 5.28. The summed E-state index contributed by atoms with van der Waals surface area (Å²) in [6, 6.07) is 18.1. The van der Waals surface area contributed by atoms with Crippen molar-refractivity contribution in [2.75, 3.05) is 12.9 Å². The van der Waals surface area contributed by atoms with Crippen LogP contribution in [0.4, 0.5) is 0 Å². The molecule has 0 aliphatic heterocycles. The predicted molar refractivity (Wildman–Crippen MR) is 96.8 cm³/mol. The maximum absolute atomic E-state index is 12.1. The Morgan fingerprint density at radius 2 is 1.83 bits per heavy atom. The van der Waals surface area contributed by atoms with Gasteiger partial charge in [0.15, 0.2) is 0 Å². The molecule has 122 valence electrons. The molecule has 1 amide bonds. The van der Waals surface area contributed by atoms with Gasteiger partial charge in [0.05, 0.1) is 18.9 Å². The first-order chi connectivity index (χ1) is 11.2. The quantitative estimate of drug-likeness (QED) is 0.789. The van der Waals surface area contributed by atoms with Gasteiger partial charge in [-0.3, -0.25) is 4.79 Å². The molecular formula is C19H23NO2S. The van der Waals surface area contributed by atoms with E-state index in [2.05, 4.69) is 24.4 Å². The van der Waals surface area contributed by atoms with E-state index < -0.39 is 0 Å². The standard InChI is InChI=1S/C19H23NO2S/c1-3-18(16-9-11-17(22-2)12-10-16)20-19(21)14-23-13-15-7-5-4-6-8-15/h4-12,18H,3,13-14H2,1-2H3,(H,20,21). The Labute approximate surface area is 142 Å². The first-order valence-electron chi connectivity index (χ1n) is 7.78. The predicted octanol–water partition coefficient (Wildman–Crippen LogP) is 4.20. The van der Waals surface area contributed by atoms with Crippen molar-refractivity contribution in [2.45, 2.75) is 25.1 Å². The molecule has 0 aromatic heterocycles. The van der Waals surface area contributed by atoms with Crippen molar-refractivity contribution in [3.05, 3.63) is 65.7 Å². The third kappa shape index (κ3) is 5.64. The highest BCUT2D eigenvalue weighted by atomic mass is 32.2. The van der Waals surface area contributed by atoms with E-state index in [1.165, 1.54) is 5.56 Å². The number of methoxy groups -OCH3 is 1. The van der Waals surface area contributed by atoms with E-state index in [4.69, 9.17) is 4.74 Å². The fourth-order valence-electron chi connectivity index (χ4n) is 2.33. The van der Waals surface area contributed by atoms with Crippen LogP contribution < -0.4 is 10.1 Å². The van der Waals surface area contributed by atoms with Gasteiger partial charge in [-0.1, -0.05) is 49.4 Å². The lowest BCUT2D eigenvalue weighted by atomic mass is 10.0. The number of amides is 1. The van der Waals surface area contributed by atoms with Gasteiger partial charge in [-0.05, 0) is 29.7 Å². The molecule has 1 atom stereocenters. The van der Waals surface area contributed by atoms with Gasteiger partial charge in [-0.15, -0.1) is 11.8 Å². The van der Waals surface area contributed by atoms with E-state index in [-0.39, 0.29) is 11.9 Å². The molecule has 23 heavy (non-hydrogen) atoms. The maximum Gasteiger partial charge on any atom is 0.230 e. The summed E-state index contributed by atoms with van der Waals surface area (Å²) in [6.07, 6.45) is 0.863. The van der Waals surface area contributed by atoms with E-state index in [1.54, 1.807) is 18.9 Å². The van der Waals surface area contributed by atoms with Crippen LogP contribution in [0, 0.1) is 0 Å². The lowest BCUT2D eigenvalue weighted by Crippen LogP contribution is -2.29. The summed E-state index contributed by atoms with van der Waals surface area (Å²) >= 11 is 1.64. The highest BCUT2D eigenvalue weighted by Crippen LogP contribution is 2.20. The molecule has 1 unspecified atom stereocenters. The van der Waals surface area contributed by atoms with Gasteiger partial charge in [0, 0.05) is 5.75 Å². The highest BCUT2D eigenvalue weighted by Gasteiger charge is 2.12. The Kier molecular flexibility index (Phi) is 7.01. The SMILES string of the molecule is CCC(NC(=O)CSCc1ccccc1)c1ccc(OC)cc1. The number of hydrogen-bond acceptors (Lipinski definition) is 3. The van der Waals surface area contributed by atoms with Crippen molar-refractivity contribution in [1.29, 1.82) is 0 Å². The van der Waals surface area contributed by atoms with Crippen LogP contribution in [0.2, 0.25) is 0 Å². The van der Waals surface area contributed by atoms with Crippen LogP contribution in [0.3, 0.4) is 0 Å². The molecule has 0 aliphatic carbocycles. The molecule has 2 aromatic carbocycles. The lowest BCUT2D eigenvalue weighted by molar-refractivity contribution is -0.119. The van der Waals surface area contributed by atoms with Gasteiger partial charge >= 0.3 is 0 Å². The van der Waals surface area contributed by atoms with Crippen molar-refractivity contribution < 1.29 is 9.53 Å². The fourth-order valence-corrected chi connectivity index (χ4v) is 3.13. The van der Waals surface area contributed by atoms with Crippen LogP contribution in [0.1, 0.15) is 30.5 Å². The van der Waals surface area contributed by atoms with E-state index in [1.807, 2.05) is 42.5 Å². The number of carbonyl (C=O) groups is 1. The molecule has 0 radical (unpaired) electrons. The monoisotopic (exact) mass is 329 g/mol. The minimum atomic E-state index is 0.0470. The van der Waals surface area contributed by atoms with Crippen molar-refractivity contribution in [2.24, 2.45) is 0 Å². The van der Waals surface area contributed by atoms with Crippen molar-refractivity contribution >= 4 is 17.7 Å². The van der Waals surface area contributed by atoms with Crippen LogP contribution in [0.5, 0.6) is 5.75 Å². The Bertz CT molecular complexity index is 599. The Morgan fingerprint density at radius 3 is 2.43 bits per heavy atom. The average Bonchev–Trinajstić information content (AvgIpc) is 2.61. The van der Waals surface area contributed by atoms with Crippen LogP contribution >= 0.6 is 11.8 Å². The number of nitrogens with one attached hydrogen (secondary N) is 1. The van der Waals surface area contributed by atoms with Crippen LogP contribution in [-0.2, 0) is 10.5 Å². The molecule has 0 saturated heterocycles. The maximum atomic E-state index is 12.1. The van der Waals surface area contributed by atoms with Crippen molar-refractivity contribution in [3.63, 3.8) is 0 Å². The third-order valence-electron chi connectivity index (χ3n) is 3.61. The highest BCUT2D eigenvalue weighted by molar-refractivity contribution is 7.99. The van der Waals surface area contributed by atoms with Gasteiger partial charge in [0.1, 0.15) is 5.75 Å². The zero-order valence-corrected chi connectivity index (χ0v) is 14.4. The Balaban J connectivity index is 1.82. The minimum Gasteiger partial charge on any atom is -0.497 e. The van der Waals surface area contributed by atoms with Crippen molar-refractivity contribution in [3.8, 4) is 5.75 Å². The largest absolute Gasteiger partial charge is 0.497 e. The molecule has 2 rings (SSSR count). The number of benzene rings is 2. The van der Waals surface area contributed by atoms with E-state index in [0.717, 1.165) is 23.5 Å². The molecular weight excluding hydrogens is 306 g/mol.